The van der Waals surface area contributed by atoms with E-state index in [0.717, 1.165) is 6.54 Å². The minimum absolute atomic E-state index is 0.383. The van der Waals surface area contributed by atoms with Crippen molar-refractivity contribution in [2.75, 3.05) is 6.54 Å². The van der Waals surface area contributed by atoms with E-state index < -0.39 is 0 Å². The summed E-state index contributed by atoms with van der Waals surface area (Å²) in [4.78, 5) is 4.36. The van der Waals surface area contributed by atoms with Crippen LogP contribution >= 0.6 is 11.3 Å². The Hall–Kier alpha value is -1.19. The smallest absolute Gasteiger partial charge is 0.0965 e. The molecule has 2 atom stereocenters. The monoisotopic (exact) mass is 260 g/mol. The zero-order chi connectivity index (χ0) is 13.0. The number of thiazole rings is 1. The largest absolute Gasteiger partial charge is 0.310 e. The number of hydrogen-bond acceptors (Lipinski definition) is 3. The highest BCUT2D eigenvalue weighted by Gasteiger charge is 2.11. The van der Waals surface area contributed by atoms with Crippen LogP contribution < -0.4 is 5.32 Å². The molecule has 0 aliphatic rings. The molecule has 1 aromatic carbocycles. The molecule has 0 saturated carbocycles. The Labute approximate surface area is 113 Å². The number of nitrogens with zero attached hydrogens (tertiary/aromatic N) is 1. The summed E-state index contributed by atoms with van der Waals surface area (Å²) >= 11 is 1.73. The van der Waals surface area contributed by atoms with Gasteiger partial charge in [-0.05, 0) is 25.0 Å². The van der Waals surface area contributed by atoms with Crippen LogP contribution in [0, 0.1) is 6.92 Å². The molecule has 0 amide bonds. The number of hydrogen-bond donors (Lipinski definition) is 1. The molecule has 2 nitrogen and oxygen atoms in total. The van der Waals surface area contributed by atoms with E-state index in [-0.39, 0.29) is 0 Å². The summed E-state index contributed by atoms with van der Waals surface area (Å²) in [6, 6.07) is 8.93. The molecule has 2 rings (SSSR count). The zero-order valence-electron chi connectivity index (χ0n) is 11.2. The van der Waals surface area contributed by atoms with Crippen molar-refractivity contribution in [2.45, 2.75) is 32.7 Å². The van der Waals surface area contributed by atoms with Crippen LogP contribution in [0.2, 0.25) is 0 Å². The molecule has 0 saturated heterocycles. The summed E-state index contributed by atoms with van der Waals surface area (Å²) in [6.45, 7) is 7.56. The van der Waals surface area contributed by atoms with Crippen molar-refractivity contribution in [3.8, 4) is 0 Å². The van der Waals surface area contributed by atoms with Gasteiger partial charge >= 0.3 is 0 Å². The van der Waals surface area contributed by atoms with Crippen LogP contribution in [-0.2, 0) is 0 Å². The van der Waals surface area contributed by atoms with E-state index in [1.54, 1.807) is 11.3 Å². The molecule has 18 heavy (non-hydrogen) atoms. The SMILES string of the molecule is Cc1ccccc1C(C)NCC(C)c1nccs1. The quantitative estimate of drug-likeness (QED) is 0.881. The second kappa shape index (κ2) is 6.12. The van der Waals surface area contributed by atoms with Crippen molar-refractivity contribution in [1.29, 1.82) is 0 Å². The van der Waals surface area contributed by atoms with E-state index in [9.17, 15) is 0 Å². The summed E-state index contributed by atoms with van der Waals surface area (Å²) in [5.41, 5.74) is 2.73. The number of aryl methyl sites for hydroxylation is 1. The highest BCUT2D eigenvalue weighted by atomic mass is 32.1. The zero-order valence-corrected chi connectivity index (χ0v) is 12.0. The molecule has 0 radical (unpaired) electrons. The van der Waals surface area contributed by atoms with E-state index in [1.165, 1.54) is 16.1 Å². The van der Waals surface area contributed by atoms with Crippen LogP contribution in [0.15, 0.2) is 35.8 Å². The van der Waals surface area contributed by atoms with Crippen molar-refractivity contribution in [3.63, 3.8) is 0 Å². The normalized spacial score (nSPS) is 14.4. The van der Waals surface area contributed by atoms with Gasteiger partial charge in [0.2, 0.25) is 0 Å². The Balaban J connectivity index is 1.93. The standard InChI is InChI=1S/C15H20N2S/c1-11-6-4-5-7-14(11)13(3)17-10-12(2)15-16-8-9-18-15/h4-9,12-13,17H,10H2,1-3H3. The predicted octanol–water partition coefficient (Wildman–Crippen LogP) is 3.91. The second-order valence-corrected chi connectivity index (χ2v) is 5.68. The molecule has 0 bridgehead atoms. The first-order chi connectivity index (χ1) is 8.68. The molecule has 2 aromatic rings. The van der Waals surface area contributed by atoms with Gasteiger partial charge in [-0.2, -0.15) is 0 Å². The molecule has 3 heteroatoms. The van der Waals surface area contributed by atoms with Crippen molar-refractivity contribution < 1.29 is 0 Å². The van der Waals surface area contributed by atoms with Gasteiger partial charge in [0.15, 0.2) is 0 Å². The molecule has 0 aliphatic carbocycles. The first-order valence-electron chi connectivity index (χ1n) is 6.36. The van der Waals surface area contributed by atoms with Crippen molar-refractivity contribution in [1.82, 2.24) is 10.3 Å². The van der Waals surface area contributed by atoms with Gasteiger partial charge in [0.05, 0.1) is 5.01 Å². The fourth-order valence-corrected chi connectivity index (χ4v) is 2.80. The Morgan fingerprint density at radius 3 is 2.72 bits per heavy atom. The highest BCUT2D eigenvalue weighted by molar-refractivity contribution is 7.09. The Morgan fingerprint density at radius 1 is 1.28 bits per heavy atom. The van der Waals surface area contributed by atoms with E-state index >= 15 is 0 Å². The average Bonchev–Trinajstić information content (AvgIpc) is 2.90. The number of benzene rings is 1. The summed E-state index contributed by atoms with van der Waals surface area (Å²) in [7, 11) is 0. The maximum atomic E-state index is 4.36. The molecule has 1 aromatic heterocycles. The number of nitrogens with one attached hydrogen (secondary N) is 1. The van der Waals surface area contributed by atoms with E-state index in [1.807, 2.05) is 11.6 Å². The van der Waals surface area contributed by atoms with E-state index in [4.69, 9.17) is 0 Å². The topological polar surface area (TPSA) is 24.9 Å². The van der Waals surface area contributed by atoms with Crippen LogP contribution in [0.5, 0.6) is 0 Å². The molecule has 0 fully saturated rings. The molecule has 2 unspecified atom stereocenters. The molecule has 0 aliphatic heterocycles. The predicted molar refractivity (Wildman–Crippen MR) is 78.1 cm³/mol. The van der Waals surface area contributed by atoms with E-state index in [0.29, 0.717) is 12.0 Å². The maximum Gasteiger partial charge on any atom is 0.0965 e. The van der Waals surface area contributed by atoms with Crippen LogP contribution in [0.1, 0.15) is 41.9 Å². The van der Waals surface area contributed by atoms with Crippen molar-refractivity contribution in [2.24, 2.45) is 0 Å². The summed E-state index contributed by atoms with van der Waals surface area (Å²) in [5, 5.41) is 6.84. The molecule has 1 N–H and O–H groups in total. The third-order valence-corrected chi connectivity index (χ3v) is 4.27. The molecule has 96 valence electrons. The fourth-order valence-electron chi connectivity index (χ4n) is 2.10. The van der Waals surface area contributed by atoms with Crippen molar-refractivity contribution >= 4 is 11.3 Å². The van der Waals surface area contributed by atoms with Gasteiger partial charge in [-0.1, -0.05) is 31.2 Å². The minimum atomic E-state index is 0.383. The molecule has 1 heterocycles. The Morgan fingerprint density at radius 2 is 2.06 bits per heavy atom. The third kappa shape index (κ3) is 3.18. The first kappa shape index (κ1) is 13.2. The minimum Gasteiger partial charge on any atom is -0.310 e. The Bertz CT molecular complexity index is 479. The second-order valence-electron chi connectivity index (χ2n) is 4.76. The van der Waals surface area contributed by atoms with Gasteiger partial charge in [0.25, 0.3) is 0 Å². The number of aromatic nitrogens is 1. The fraction of sp³-hybridized carbons (Fsp3) is 0.400. The summed E-state index contributed by atoms with van der Waals surface area (Å²) < 4.78 is 0. The maximum absolute atomic E-state index is 4.36. The lowest BCUT2D eigenvalue weighted by Gasteiger charge is -2.18. The van der Waals surface area contributed by atoms with Crippen molar-refractivity contribution in [3.05, 3.63) is 52.0 Å². The van der Waals surface area contributed by atoms with Gasteiger partial charge in [-0.25, -0.2) is 4.98 Å². The average molecular weight is 260 g/mol. The third-order valence-electron chi connectivity index (χ3n) is 3.26. The van der Waals surface area contributed by atoms with Gasteiger partial charge in [0, 0.05) is 30.1 Å². The number of rotatable bonds is 5. The highest BCUT2D eigenvalue weighted by Crippen LogP contribution is 2.20. The summed E-state index contributed by atoms with van der Waals surface area (Å²) in [6.07, 6.45) is 1.88. The lowest BCUT2D eigenvalue weighted by atomic mass is 10.0. The molecular formula is C15H20N2S. The Kier molecular flexibility index (Phi) is 4.50. The first-order valence-corrected chi connectivity index (χ1v) is 7.24. The van der Waals surface area contributed by atoms with Gasteiger partial charge in [-0.3, -0.25) is 0 Å². The lowest BCUT2D eigenvalue weighted by molar-refractivity contribution is 0.534. The summed E-state index contributed by atoms with van der Waals surface area (Å²) in [5.74, 6) is 0.469. The lowest BCUT2D eigenvalue weighted by Crippen LogP contribution is -2.24. The molecular weight excluding hydrogens is 240 g/mol. The van der Waals surface area contributed by atoms with Gasteiger partial charge < -0.3 is 5.32 Å². The van der Waals surface area contributed by atoms with Crippen LogP contribution in [0.4, 0.5) is 0 Å². The van der Waals surface area contributed by atoms with Gasteiger partial charge in [-0.15, -0.1) is 11.3 Å². The van der Waals surface area contributed by atoms with Gasteiger partial charge in [0.1, 0.15) is 0 Å². The van der Waals surface area contributed by atoms with Crippen LogP contribution in [0.3, 0.4) is 0 Å². The molecule has 0 spiro atoms. The van der Waals surface area contributed by atoms with Crippen LogP contribution in [0.25, 0.3) is 0 Å². The van der Waals surface area contributed by atoms with E-state index in [2.05, 4.69) is 55.3 Å². The van der Waals surface area contributed by atoms with Crippen LogP contribution in [-0.4, -0.2) is 11.5 Å².